The maximum atomic E-state index is 12.6. The zero-order chi connectivity index (χ0) is 22.3. The number of benzene rings is 2. The highest BCUT2D eigenvalue weighted by molar-refractivity contribution is 7.90. The first-order chi connectivity index (χ1) is 14.8. The predicted octanol–water partition coefficient (Wildman–Crippen LogP) is 2.05. The Labute approximate surface area is 180 Å². The van der Waals surface area contributed by atoms with Crippen molar-refractivity contribution in [2.24, 2.45) is 10.7 Å². The lowest BCUT2D eigenvalue weighted by molar-refractivity contribution is -0.119. The van der Waals surface area contributed by atoms with Gasteiger partial charge in [-0.1, -0.05) is 18.6 Å². The molecule has 0 aromatic heterocycles. The fourth-order valence-corrected chi connectivity index (χ4v) is 4.11. The van der Waals surface area contributed by atoms with Crippen LogP contribution in [0.2, 0.25) is 0 Å². The number of carbonyl (C=O) groups excluding carboxylic acids is 2. The summed E-state index contributed by atoms with van der Waals surface area (Å²) in [7, 11) is -3.75. The van der Waals surface area contributed by atoms with Crippen molar-refractivity contribution in [3.63, 3.8) is 0 Å². The molecule has 0 fully saturated rings. The molecule has 1 aliphatic heterocycles. The Morgan fingerprint density at radius 3 is 2.52 bits per heavy atom. The van der Waals surface area contributed by atoms with Gasteiger partial charge in [-0.2, -0.15) is 0 Å². The van der Waals surface area contributed by atoms with Crippen LogP contribution in [0.25, 0.3) is 0 Å². The summed E-state index contributed by atoms with van der Waals surface area (Å²) in [6, 6.07) is 12.2. The first-order valence-electron chi connectivity index (χ1n) is 9.83. The van der Waals surface area contributed by atoms with Crippen LogP contribution in [0.4, 0.5) is 5.69 Å². The van der Waals surface area contributed by atoms with Crippen LogP contribution >= 0.6 is 0 Å². The average Bonchev–Trinajstić information content (AvgIpc) is 3.01. The number of anilines is 1. The summed E-state index contributed by atoms with van der Waals surface area (Å²) in [4.78, 5) is 27.9. The molecule has 1 aliphatic rings. The third kappa shape index (κ3) is 6.29. The molecule has 2 aromatic carbocycles. The van der Waals surface area contributed by atoms with E-state index in [4.69, 9.17) is 10.5 Å². The minimum absolute atomic E-state index is 0.0719. The molecule has 31 heavy (non-hydrogen) atoms. The maximum absolute atomic E-state index is 12.6. The van der Waals surface area contributed by atoms with Crippen molar-refractivity contribution < 1.29 is 22.7 Å². The van der Waals surface area contributed by atoms with Gasteiger partial charge in [-0.25, -0.2) is 8.42 Å². The number of para-hydroxylation sites is 1. The number of amides is 2. The largest absolute Gasteiger partial charge is 0.483 e. The number of nitrogens with one attached hydrogen (secondary N) is 2. The highest BCUT2D eigenvalue weighted by Gasteiger charge is 2.18. The molecule has 0 bridgehead atoms. The Morgan fingerprint density at radius 2 is 1.77 bits per heavy atom. The number of amidine groups is 1. The number of aliphatic imine (C=N–C) groups is 1. The Kier molecular flexibility index (Phi) is 7.24. The van der Waals surface area contributed by atoms with E-state index in [1.807, 2.05) is 0 Å². The van der Waals surface area contributed by atoms with E-state index in [0.717, 1.165) is 19.3 Å². The summed E-state index contributed by atoms with van der Waals surface area (Å²) >= 11 is 0. The maximum Gasteiger partial charge on any atom is 0.262 e. The number of hydrogen-bond donors (Lipinski definition) is 3. The number of hydrogen-bond acceptors (Lipinski definition) is 6. The number of carbonyl (C=O) groups is 2. The Morgan fingerprint density at radius 1 is 1.03 bits per heavy atom. The second-order valence-electron chi connectivity index (χ2n) is 6.97. The van der Waals surface area contributed by atoms with Crippen LogP contribution in [-0.4, -0.2) is 39.2 Å². The lowest BCUT2D eigenvalue weighted by Crippen LogP contribution is -2.30. The van der Waals surface area contributed by atoms with Gasteiger partial charge in [-0.15, -0.1) is 0 Å². The van der Waals surface area contributed by atoms with Crippen LogP contribution in [0.15, 0.2) is 58.4 Å². The highest BCUT2D eigenvalue weighted by atomic mass is 32.2. The fraction of sp³-hybridized carbons (Fsp3) is 0.286. The SMILES string of the molecule is NC(=O)COc1ccccc1C(=O)Nc1ccc(S(=O)(=O)NC2=NCCCCC2)cc1. The quantitative estimate of drug-likeness (QED) is 0.600. The Balaban J connectivity index is 1.69. The third-order valence-electron chi connectivity index (χ3n) is 4.55. The first kappa shape index (κ1) is 22.3. The molecule has 164 valence electrons. The topological polar surface area (TPSA) is 140 Å². The van der Waals surface area contributed by atoms with Crippen LogP contribution in [0.1, 0.15) is 36.0 Å². The molecule has 0 saturated heterocycles. The van der Waals surface area contributed by atoms with Gasteiger partial charge in [0.2, 0.25) is 0 Å². The van der Waals surface area contributed by atoms with Crippen LogP contribution in [0, 0.1) is 0 Å². The molecule has 1 heterocycles. The predicted molar refractivity (Wildman–Crippen MR) is 117 cm³/mol. The minimum Gasteiger partial charge on any atom is -0.483 e. The summed E-state index contributed by atoms with van der Waals surface area (Å²) in [6.45, 7) is 0.266. The monoisotopic (exact) mass is 444 g/mol. The molecule has 2 aromatic rings. The molecule has 0 spiro atoms. The smallest absolute Gasteiger partial charge is 0.262 e. The van der Waals surface area contributed by atoms with Gasteiger partial charge < -0.3 is 15.8 Å². The molecule has 0 unspecified atom stereocenters. The van der Waals surface area contributed by atoms with E-state index in [9.17, 15) is 18.0 Å². The van der Waals surface area contributed by atoms with E-state index in [1.54, 1.807) is 24.3 Å². The van der Waals surface area contributed by atoms with Crippen molar-refractivity contribution in [1.29, 1.82) is 0 Å². The highest BCUT2D eigenvalue weighted by Crippen LogP contribution is 2.21. The average molecular weight is 445 g/mol. The zero-order valence-corrected chi connectivity index (χ0v) is 17.7. The molecule has 3 rings (SSSR count). The molecular formula is C21H24N4O5S. The van der Waals surface area contributed by atoms with E-state index in [2.05, 4.69) is 15.0 Å². The molecule has 0 aliphatic carbocycles. The standard InChI is InChI=1S/C21H24N4O5S/c22-19(26)14-30-18-7-4-3-6-17(18)21(27)24-15-9-11-16(12-10-15)31(28,29)25-20-8-2-1-5-13-23-20/h3-4,6-7,9-12H,1-2,5,8,13-14H2,(H2,22,26)(H,23,25)(H,24,27). The van der Waals surface area contributed by atoms with Gasteiger partial charge in [0, 0.05) is 18.7 Å². The van der Waals surface area contributed by atoms with Crippen molar-refractivity contribution >= 4 is 33.4 Å². The van der Waals surface area contributed by atoms with Gasteiger partial charge in [0.15, 0.2) is 6.61 Å². The Hall–Kier alpha value is -3.40. The lowest BCUT2D eigenvalue weighted by Gasteiger charge is -2.12. The number of rotatable bonds is 7. The summed E-state index contributed by atoms with van der Waals surface area (Å²) in [5.74, 6) is -0.439. The van der Waals surface area contributed by atoms with Crippen LogP contribution in [0.5, 0.6) is 5.75 Å². The van der Waals surface area contributed by atoms with Gasteiger partial charge in [0.1, 0.15) is 11.6 Å². The van der Waals surface area contributed by atoms with Crippen molar-refractivity contribution in [3.8, 4) is 5.75 Å². The molecule has 4 N–H and O–H groups in total. The fourth-order valence-electron chi connectivity index (χ4n) is 3.02. The zero-order valence-electron chi connectivity index (χ0n) is 16.8. The Bertz CT molecular complexity index is 1080. The minimum atomic E-state index is -3.75. The van der Waals surface area contributed by atoms with Gasteiger partial charge in [-0.3, -0.25) is 19.3 Å². The van der Waals surface area contributed by atoms with Crippen LogP contribution < -0.4 is 20.5 Å². The molecule has 9 nitrogen and oxygen atoms in total. The van der Waals surface area contributed by atoms with Crippen molar-refractivity contribution in [3.05, 3.63) is 54.1 Å². The van der Waals surface area contributed by atoms with Crippen molar-refractivity contribution in [2.75, 3.05) is 18.5 Å². The third-order valence-corrected chi connectivity index (χ3v) is 5.95. The number of ether oxygens (including phenoxy) is 1. The summed E-state index contributed by atoms with van der Waals surface area (Å²) in [6.07, 6.45) is 3.48. The molecule has 0 saturated carbocycles. The second-order valence-corrected chi connectivity index (χ2v) is 8.66. The van der Waals surface area contributed by atoms with E-state index in [1.165, 1.54) is 24.3 Å². The number of sulfonamides is 1. The first-order valence-corrected chi connectivity index (χ1v) is 11.3. The van der Waals surface area contributed by atoms with Crippen LogP contribution in [0.3, 0.4) is 0 Å². The molecule has 0 radical (unpaired) electrons. The number of primary amides is 1. The summed E-state index contributed by atoms with van der Waals surface area (Å²) < 4.78 is 33.0. The van der Waals surface area contributed by atoms with Gasteiger partial charge in [-0.05, 0) is 49.2 Å². The normalized spacial score (nSPS) is 14.1. The molecule has 10 heteroatoms. The summed E-state index contributed by atoms with van der Waals surface area (Å²) in [5.41, 5.74) is 5.70. The van der Waals surface area contributed by atoms with E-state index >= 15 is 0 Å². The van der Waals surface area contributed by atoms with Crippen molar-refractivity contribution in [2.45, 2.75) is 30.6 Å². The van der Waals surface area contributed by atoms with Crippen LogP contribution in [-0.2, 0) is 14.8 Å². The van der Waals surface area contributed by atoms with Crippen molar-refractivity contribution in [1.82, 2.24) is 4.72 Å². The number of nitrogens with two attached hydrogens (primary N) is 1. The molecule has 0 atom stereocenters. The summed E-state index contributed by atoms with van der Waals surface area (Å²) in [5, 5.41) is 2.68. The van der Waals surface area contributed by atoms with Gasteiger partial charge >= 0.3 is 0 Å². The van der Waals surface area contributed by atoms with E-state index in [-0.39, 0.29) is 22.8 Å². The van der Waals surface area contributed by atoms with Gasteiger partial charge in [0.25, 0.3) is 21.8 Å². The number of nitrogens with zero attached hydrogens (tertiary/aromatic N) is 1. The molecule has 2 amide bonds. The lowest BCUT2D eigenvalue weighted by atomic mass is 10.2. The van der Waals surface area contributed by atoms with Gasteiger partial charge in [0.05, 0.1) is 10.5 Å². The van der Waals surface area contributed by atoms with E-state index < -0.39 is 21.8 Å². The molecular weight excluding hydrogens is 420 g/mol. The second kappa shape index (κ2) is 10.1. The van der Waals surface area contributed by atoms with E-state index in [0.29, 0.717) is 24.5 Å².